The molecule has 0 saturated heterocycles. The minimum Gasteiger partial charge on any atom is -0.382 e. The van der Waals surface area contributed by atoms with Crippen molar-refractivity contribution in [2.24, 2.45) is 11.8 Å². The van der Waals surface area contributed by atoms with Crippen LogP contribution in [0, 0.1) is 27.8 Å². The van der Waals surface area contributed by atoms with Crippen molar-refractivity contribution in [3.63, 3.8) is 0 Å². The van der Waals surface area contributed by atoms with Gasteiger partial charge in [0.05, 0.1) is 11.0 Å². The van der Waals surface area contributed by atoms with Crippen molar-refractivity contribution in [2.75, 3.05) is 5.32 Å². The van der Waals surface area contributed by atoms with Gasteiger partial charge in [-0.1, -0.05) is 26.7 Å². The van der Waals surface area contributed by atoms with Gasteiger partial charge in [-0.3, -0.25) is 10.1 Å². The van der Waals surface area contributed by atoms with Crippen LogP contribution in [0.4, 0.5) is 15.8 Å². The molecule has 0 amide bonds. The molecular formula is C16H23FN2O2. The van der Waals surface area contributed by atoms with Crippen LogP contribution in [0.15, 0.2) is 18.2 Å². The molecule has 4 nitrogen and oxygen atoms in total. The lowest BCUT2D eigenvalue weighted by Gasteiger charge is -2.31. The van der Waals surface area contributed by atoms with Crippen LogP contribution in [0.25, 0.3) is 0 Å². The lowest BCUT2D eigenvalue weighted by atomic mass is 9.81. The summed E-state index contributed by atoms with van der Waals surface area (Å²) in [7, 11) is 0. The zero-order chi connectivity index (χ0) is 15.4. The van der Waals surface area contributed by atoms with Gasteiger partial charge in [0.25, 0.3) is 5.69 Å². The average Bonchev–Trinajstić information content (AvgIpc) is 2.37. The molecule has 1 aliphatic carbocycles. The first-order chi connectivity index (χ1) is 9.94. The van der Waals surface area contributed by atoms with Gasteiger partial charge >= 0.3 is 0 Å². The van der Waals surface area contributed by atoms with E-state index in [-0.39, 0.29) is 11.7 Å². The van der Waals surface area contributed by atoms with E-state index in [1.54, 1.807) is 0 Å². The number of hydrogen-bond acceptors (Lipinski definition) is 3. The highest BCUT2D eigenvalue weighted by atomic mass is 19.1. The third-order valence-corrected chi connectivity index (χ3v) is 4.05. The molecule has 2 rings (SSSR count). The largest absolute Gasteiger partial charge is 0.382 e. The molecule has 0 aliphatic heterocycles. The van der Waals surface area contributed by atoms with Crippen LogP contribution in [-0.2, 0) is 0 Å². The van der Waals surface area contributed by atoms with Crippen molar-refractivity contribution >= 4 is 11.4 Å². The number of halogens is 1. The zero-order valence-corrected chi connectivity index (χ0v) is 12.6. The van der Waals surface area contributed by atoms with Crippen LogP contribution in [0.1, 0.15) is 46.0 Å². The Morgan fingerprint density at radius 1 is 1.38 bits per heavy atom. The number of benzene rings is 1. The summed E-state index contributed by atoms with van der Waals surface area (Å²) in [5.74, 6) is 0.810. The maximum atomic E-state index is 13.4. The fourth-order valence-electron chi connectivity index (χ4n) is 3.30. The Labute approximate surface area is 124 Å². The van der Waals surface area contributed by atoms with Gasteiger partial charge in [0.1, 0.15) is 5.82 Å². The summed E-state index contributed by atoms with van der Waals surface area (Å²) in [6.07, 6.45) is 5.72. The monoisotopic (exact) mass is 294 g/mol. The van der Waals surface area contributed by atoms with E-state index in [9.17, 15) is 14.5 Å². The van der Waals surface area contributed by atoms with E-state index in [0.717, 1.165) is 25.3 Å². The minimum atomic E-state index is -0.568. The van der Waals surface area contributed by atoms with Gasteiger partial charge in [-0.15, -0.1) is 0 Å². The Hall–Kier alpha value is -1.65. The number of anilines is 1. The number of hydrogen-bond donors (Lipinski definition) is 1. The molecule has 1 fully saturated rings. The fourth-order valence-corrected chi connectivity index (χ4v) is 3.30. The maximum absolute atomic E-state index is 13.4. The summed E-state index contributed by atoms with van der Waals surface area (Å²) in [6.45, 7) is 4.46. The Balaban J connectivity index is 2.02. The predicted octanol–water partition coefficient (Wildman–Crippen LogP) is 4.75. The topological polar surface area (TPSA) is 55.2 Å². The third kappa shape index (κ3) is 4.69. The van der Waals surface area contributed by atoms with Crippen molar-refractivity contribution in [3.8, 4) is 0 Å². The molecule has 1 aromatic carbocycles. The van der Waals surface area contributed by atoms with Crippen molar-refractivity contribution < 1.29 is 9.31 Å². The SMILES string of the molecule is CC(C)CC1CCCC(Nc2cc(F)cc([N+](=O)[O-])c2)C1. The second-order valence-corrected chi connectivity index (χ2v) is 6.46. The normalized spacial score (nSPS) is 22.3. The number of rotatable bonds is 5. The van der Waals surface area contributed by atoms with Crippen molar-refractivity contribution in [1.82, 2.24) is 0 Å². The zero-order valence-electron chi connectivity index (χ0n) is 12.6. The Bertz CT molecular complexity index is 505. The fraction of sp³-hybridized carbons (Fsp3) is 0.625. The van der Waals surface area contributed by atoms with E-state index >= 15 is 0 Å². The Kier molecular flexibility index (Phi) is 5.15. The first kappa shape index (κ1) is 15.7. The lowest BCUT2D eigenvalue weighted by Crippen LogP contribution is -2.28. The summed E-state index contributed by atoms with van der Waals surface area (Å²) in [5.41, 5.74) is 0.309. The highest BCUT2D eigenvalue weighted by Crippen LogP contribution is 2.31. The number of nitro benzene ring substituents is 1. The van der Waals surface area contributed by atoms with Gasteiger partial charge < -0.3 is 5.32 Å². The molecule has 1 aliphatic rings. The Morgan fingerprint density at radius 3 is 2.81 bits per heavy atom. The maximum Gasteiger partial charge on any atom is 0.274 e. The molecule has 0 spiro atoms. The van der Waals surface area contributed by atoms with Crippen molar-refractivity contribution in [2.45, 2.75) is 52.0 Å². The van der Waals surface area contributed by atoms with Crippen LogP contribution >= 0.6 is 0 Å². The molecule has 2 unspecified atom stereocenters. The summed E-state index contributed by atoms with van der Waals surface area (Å²) in [4.78, 5) is 10.2. The molecule has 1 aromatic rings. The lowest BCUT2D eigenvalue weighted by molar-refractivity contribution is -0.385. The van der Waals surface area contributed by atoms with Gasteiger partial charge in [0.2, 0.25) is 0 Å². The molecule has 1 saturated carbocycles. The molecular weight excluding hydrogens is 271 g/mol. The quantitative estimate of drug-likeness (QED) is 0.629. The minimum absolute atomic E-state index is 0.202. The molecule has 0 heterocycles. The predicted molar refractivity (Wildman–Crippen MR) is 81.9 cm³/mol. The molecule has 0 bridgehead atoms. The van der Waals surface area contributed by atoms with Gasteiger partial charge in [-0.25, -0.2) is 4.39 Å². The van der Waals surface area contributed by atoms with Crippen molar-refractivity contribution in [3.05, 3.63) is 34.1 Å². The summed E-state index contributed by atoms with van der Waals surface area (Å²) < 4.78 is 13.4. The van der Waals surface area contributed by atoms with Crippen LogP contribution in [0.3, 0.4) is 0 Å². The second kappa shape index (κ2) is 6.87. The van der Waals surface area contributed by atoms with Gasteiger partial charge in [-0.05, 0) is 37.2 Å². The highest BCUT2D eigenvalue weighted by molar-refractivity contribution is 5.52. The van der Waals surface area contributed by atoms with Crippen LogP contribution in [0.2, 0.25) is 0 Å². The molecule has 21 heavy (non-hydrogen) atoms. The number of non-ortho nitro benzene ring substituents is 1. The van der Waals surface area contributed by atoms with Gasteiger partial charge in [0, 0.05) is 17.8 Å². The van der Waals surface area contributed by atoms with Gasteiger partial charge in [-0.2, -0.15) is 0 Å². The first-order valence-electron chi connectivity index (χ1n) is 7.65. The average molecular weight is 294 g/mol. The van der Waals surface area contributed by atoms with Crippen LogP contribution < -0.4 is 5.32 Å². The van der Waals surface area contributed by atoms with E-state index in [2.05, 4.69) is 19.2 Å². The highest BCUT2D eigenvalue weighted by Gasteiger charge is 2.23. The van der Waals surface area contributed by atoms with E-state index in [1.807, 2.05) is 0 Å². The number of nitro groups is 1. The molecule has 116 valence electrons. The molecule has 1 N–H and O–H groups in total. The van der Waals surface area contributed by atoms with E-state index in [0.29, 0.717) is 17.5 Å². The summed E-state index contributed by atoms with van der Waals surface area (Å²) in [6, 6.07) is 3.98. The smallest absolute Gasteiger partial charge is 0.274 e. The van der Waals surface area contributed by atoms with E-state index in [1.165, 1.54) is 25.0 Å². The standard InChI is InChI=1S/C16H23FN2O2/c1-11(2)6-12-4-3-5-14(7-12)18-15-8-13(17)9-16(10-15)19(20)21/h8-12,14,18H,3-7H2,1-2H3. The molecule has 0 radical (unpaired) electrons. The van der Waals surface area contributed by atoms with Crippen molar-refractivity contribution in [1.29, 1.82) is 0 Å². The van der Waals surface area contributed by atoms with E-state index in [4.69, 9.17) is 0 Å². The third-order valence-electron chi connectivity index (χ3n) is 4.05. The Morgan fingerprint density at radius 2 is 2.14 bits per heavy atom. The number of nitrogens with one attached hydrogen (secondary N) is 1. The molecule has 5 heteroatoms. The molecule has 2 atom stereocenters. The van der Waals surface area contributed by atoms with E-state index < -0.39 is 10.7 Å². The summed E-state index contributed by atoms with van der Waals surface area (Å²) >= 11 is 0. The van der Waals surface area contributed by atoms with Gasteiger partial charge in [0.15, 0.2) is 0 Å². The molecule has 0 aromatic heterocycles. The summed E-state index contributed by atoms with van der Waals surface area (Å²) in [5, 5.41) is 14.1. The van der Waals surface area contributed by atoms with Crippen LogP contribution in [-0.4, -0.2) is 11.0 Å². The van der Waals surface area contributed by atoms with Crippen LogP contribution in [0.5, 0.6) is 0 Å². The number of nitrogens with zero attached hydrogens (tertiary/aromatic N) is 1. The second-order valence-electron chi connectivity index (χ2n) is 6.46. The first-order valence-corrected chi connectivity index (χ1v) is 7.65.